The zero-order valence-corrected chi connectivity index (χ0v) is 13.5. The molecule has 2 aliphatic heterocycles. The lowest BCUT2D eigenvalue weighted by Crippen LogP contribution is -2.57. The van der Waals surface area contributed by atoms with Crippen LogP contribution in [-0.2, 0) is 6.54 Å². The predicted molar refractivity (Wildman–Crippen MR) is 82.9 cm³/mol. The fraction of sp³-hybridized carbons (Fsp3) is 0.529. The Labute approximate surface area is 135 Å². The van der Waals surface area contributed by atoms with Crippen LogP contribution < -0.4 is 0 Å². The van der Waals surface area contributed by atoms with Gasteiger partial charge in [-0.2, -0.15) is 0 Å². The Morgan fingerprint density at radius 1 is 1.35 bits per heavy atom. The summed E-state index contributed by atoms with van der Waals surface area (Å²) < 4.78 is 10.2. The van der Waals surface area contributed by atoms with Gasteiger partial charge in [-0.1, -0.05) is 5.16 Å². The fourth-order valence-corrected chi connectivity index (χ4v) is 3.90. The van der Waals surface area contributed by atoms with Crippen LogP contribution >= 0.6 is 0 Å². The molecule has 0 unspecified atom stereocenters. The third kappa shape index (κ3) is 2.47. The number of rotatable bonds is 3. The standard InChI is InChI=1S/C17H21N3O3/c1-12-15(13(2)23-18-12)7-19-9-17(10-19)4-5-20(11-17)16(21)14-3-6-22-8-14/h3,6,8H,4-5,7,9-11H2,1-2H3. The molecule has 6 heteroatoms. The minimum absolute atomic E-state index is 0.0831. The van der Waals surface area contributed by atoms with E-state index in [4.69, 9.17) is 8.94 Å². The maximum atomic E-state index is 12.4. The van der Waals surface area contributed by atoms with Gasteiger partial charge in [0, 0.05) is 43.7 Å². The molecule has 2 aromatic heterocycles. The first kappa shape index (κ1) is 14.5. The molecular formula is C17H21N3O3. The van der Waals surface area contributed by atoms with Crippen molar-refractivity contribution in [3.05, 3.63) is 41.2 Å². The molecule has 2 saturated heterocycles. The van der Waals surface area contributed by atoms with Crippen LogP contribution in [0.15, 0.2) is 27.5 Å². The number of hydrogen-bond acceptors (Lipinski definition) is 5. The normalized spacial score (nSPS) is 20.2. The van der Waals surface area contributed by atoms with Crippen LogP contribution in [0.5, 0.6) is 0 Å². The number of amides is 1. The molecule has 2 aliphatic rings. The first-order valence-corrected chi connectivity index (χ1v) is 8.02. The van der Waals surface area contributed by atoms with Crippen molar-refractivity contribution in [1.29, 1.82) is 0 Å². The summed E-state index contributed by atoms with van der Waals surface area (Å²) in [7, 11) is 0. The second-order valence-corrected chi connectivity index (χ2v) is 6.94. The summed E-state index contributed by atoms with van der Waals surface area (Å²) in [6.45, 7) is 8.59. The molecule has 1 amide bonds. The number of aryl methyl sites for hydroxylation is 2. The summed E-state index contributed by atoms with van der Waals surface area (Å²) in [5.41, 5.74) is 3.09. The second kappa shape index (κ2) is 5.23. The molecule has 0 N–H and O–H groups in total. The number of furan rings is 1. The molecule has 122 valence electrons. The van der Waals surface area contributed by atoms with Gasteiger partial charge in [-0.05, 0) is 26.3 Å². The number of nitrogens with zero attached hydrogens (tertiary/aromatic N) is 3. The SMILES string of the molecule is Cc1noc(C)c1CN1CC2(CCN(C(=O)c3ccoc3)C2)C1. The third-order valence-corrected chi connectivity index (χ3v) is 5.17. The molecule has 0 aliphatic carbocycles. The molecule has 4 heterocycles. The zero-order chi connectivity index (χ0) is 16.0. The Kier molecular flexibility index (Phi) is 3.30. The first-order chi connectivity index (χ1) is 11.1. The van der Waals surface area contributed by atoms with E-state index in [1.807, 2.05) is 18.7 Å². The van der Waals surface area contributed by atoms with Crippen molar-refractivity contribution in [1.82, 2.24) is 15.0 Å². The Bertz CT molecular complexity index is 694. The monoisotopic (exact) mass is 315 g/mol. The Balaban J connectivity index is 1.36. The lowest BCUT2D eigenvalue weighted by molar-refractivity contribution is 0.00223. The van der Waals surface area contributed by atoms with E-state index in [1.54, 1.807) is 12.3 Å². The van der Waals surface area contributed by atoms with Gasteiger partial charge in [0.1, 0.15) is 12.0 Å². The van der Waals surface area contributed by atoms with Gasteiger partial charge in [0.05, 0.1) is 17.5 Å². The molecule has 6 nitrogen and oxygen atoms in total. The van der Waals surface area contributed by atoms with Gasteiger partial charge in [-0.25, -0.2) is 0 Å². The Morgan fingerprint density at radius 3 is 2.83 bits per heavy atom. The van der Waals surface area contributed by atoms with Crippen LogP contribution in [0.3, 0.4) is 0 Å². The van der Waals surface area contributed by atoms with Gasteiger partial charge in [0.25, 0.3) is 5.91 Å². The van der Waals surface area contributed by atoms with Crippen molar-refractivity contribution in [3.8, 4) is 0 Å². The van der Waals surface area contributed by atoms with Crippen molar-refractivity contribution in [2.45, 2.75) is 26.8 Å². The largest absolute Gasteiger partial charge is 0.472 e. The van der Waals surface area contributed by atoms with Gasteiger partial charge < -0.3 is 13.8 Å². The fourth-order valence-electron chi connectivity index (χ4n) is 3.90. The minimum atomic E-state index is 0.0831. The molecule has 0 aromatic carbocycles. The summed E-state index contributed by atoms with van der Waals surface area (Å²) in [6, 6.07) is 1.73. The van der Waals surface area contributed by atoms with Crippen LogP contribution in [0.1, 0.15) is 33.8 Å². The molecule has 4 rings (SSSR count). The first-order valence-electron chi connectivity index (χ1n) is 8.02. The number of aromatic nitrogens is 1. The van der Waals surface area contributed by atoms with Crippen molar-refractivity contribution >= 4 is 5.91 Å². The van der Waals surface area contributed by atoms with Crippen LogP contribution in [0.25, 0.3) is 0 Å². The Hall–Kier alpha value is -2.08. The van der Waals surface area contributed by atoms with Gasteiger partial charge in [-0.3, -0.25) is 9.69 Å². The lowest BCUT2D eigenvalue weighted by atomic mass is 9.79. The van der Waals surface area contributed by atoms with Crippen LogP contribution in [0.2, 0.25) is 0 Å². The highest BCUT2D eigenvalue weighted by Gasteiger charge is 2.48. The van der Waals surface area contributed by atoms with Gasteiger partial charge in [-0.15, -0.1) is 0 Å². The average Bonchev–Trinajstić information content (AvgIpc) is 3.22. The van der Waals surface area contributed by atoms with Crippen LogP contribution in [0.4, 0.5) is 0 Å². The van der Waals surface area contributed by atoms with Gasteiger partial charge >= 0.3 is 0 Å². The van der Waals surface area contributed by atoms with Crippen molar-refractivity contribution in [2.75, 3.05) is 26.2 Å². The summed E-state index contributed by atoms with van der Waals surface area (Å²) in [5, 5.41) is 4.02. The molecular weight excluding hydrogens is 294 g/mol. The lowest BCUT2D eigenvalue weighted by Gasteiger charge is -2.48. The topological polar surface area (TPSA) is 62.7 Å². The molecule has 2 aromatic rings. The van der Waals surface area contributed by atoms with Crippen molar-refractivity contribution in [3.63, 3.8) is 0 Å². The van der Waals surface area contributed by atoms with E-state index in [2.05, 4.69) is 10.1 Å². The van der Waals surface area contributed by atoms with E-state index in [0.29, 0.717) is 5.56 Å². The second-order valence-electron chi connectivity index (χ2n) is 6.94. The zero-order valence-electron chi connectivity index (χ0n) is 13.5. The molecule has 0 atom stereocenters. The Morgan fingerprint density at radius 2 is 2.17 bits per heavy atom. The number of likely N-dealkylation sites (tertiary alicyclic amines) is 2. The highest BCUT2D eigenvalue weighted by molar-refractivity contribution is 5.94. The quantitative estimate of drug-likeness (QED) is 0.869. The summed E-state index contributed by atoms with van der Waals surface area (Å²) in [6.07, 6.45) is 4.15. The minimum Gasteiger partial charge on any atom is -0.472 e. The van der Waals surface area contributed by atoms with Crippen LogP contribution in [-0.4, -0.2) is 47.0 Å². The molecule has 0 saturated carbocycles. The van der Waals surface area contributed by atoms with Crippen LogP contribution in [0, 0.1) is 19.3 Å². The van der Waals surface area contributed by atoms with Gasteiger partial charge in [0.2, 0.25) is 0 Å². The van der Waals surface area contributed by atoms with E-state index in [0.717, 1.165) is 50.6 Å². The number of carbonyl (C=O) groups excluding carboxylic acids is 1. The molecule has 2 fully saturated rings. The predicted octanol–water partition coefficient (Wildman–Crippen LogP) is 2.23. The molecule has 0 bridgehead atoms. The maximum absolute atomic E-state index is 12.4. The molecule has 1 spiro atoms. The van der Waals surface area contributed by atoms with Gasteiger partial charge in [0.15, 0.2) is 0 Å². The summed E-state index contributed by atoms with van der Waals surface area (Å²) in [5.74, 6) is 0.992. The number of carbonyl (C=O) groups is 1. The molecule has 0 radical (unpaired) electrons. The van der Waals surface area contributed by atoms with Crippen molar-refractivity contribution < 1.29 is 13.7 Å². The average molecular weight is 315 g/mol. The molecule has 23 heavy (non-hydrogen) atoms. The summed E-state index contributed by atoms with van der Waals surface area (Å²) >= 11 is 0. The summed E-state index contributed by atoms with van der Waals surface area (Å²) in [4.78, 5) is 16.8. The van der Waals surface area contributed by atoms with E-state index >= 15 is 0 Å². The van der Waals surface area contributed by atoms with E-state index in [-0.39, 0.29) is 11.3 Å². The third-order valence-electron chi connectivity index (χ3n) is 5.17. The highest BCUT2D eigenvalue weighted by atomic mass is 16.5. The van der Waals surface area contributed by atoms with E-state index in [1.165, 1.54) is 11.8 Å². The van der Waals surface area contributed by atoms with E-state index < -0.39 is 0 Å². The van der Waals surface area contributed by atoms with E-state index in [9.17, 15) is 4.79 Å². The van der Waals surface area contributed by atoms with Crippen molar-refractivity contribution in [2.24, 2.45) is 5.41 Å². The smallest absolute Gasteiger partial charge is 0.257 e. The highest BCUT2D eigenvalue weighted by Crippen LogP contribution is 2.41. The number of hydrogen-bond donors (Lipinski definition) is 0. The maximum Gasteiger partial charge on any atom is 0.257 e.